The SMILES string of the molecule is CCCCCC/C=C\C/C=C\CCCCCCCC(=O)NC(COP(=O)([O-])OCC[N+](C)(C)C)C(O)/C=C/CCCCCCC. The van der Waals surface area contributed by atoms with E-state index in [0.717, 1.165) is 64.2 Å². The summed E-state index contributed by atoms with van der Waals surface area (Å²) < 4.78 is 22.9. The monoisotopic (exact) mass is 656 g/mol. The summed E-state index contributed by atoms with van der Waals surface area (Å²) in [4.78, 5) is 25.0. The van der Waals surface area contributed by atoms with Crippen LogP contribution in [-0.2, 0) is 18.4 Å². The minimum Gasteiger partial charge on any atom is -0.756 e. The zero-order valence-corrected chi connectivity index (χ0v) is 30.5. The molecule has 0 aliphatic rings. The summed E-state index contributed by atoms with van der Waals surface area (Å²) in [7, 11) is 1.24. The quantitative estimate of drug-likeness (QED) is 0.0337. The molecule has 1 amide bonds. The Bertz CT molecular complexity index is 840. The second kappa shape index (κ2) is 28.9. The van der Waals surface area contributed by atoms with Crippen LogP contribution in [0.15, 0.2) is 36.5 Å². The minimum absolute atomic E-state index is 0.00528. The van der Waals surface area contributed by atoms with Crippen LogP contribution in [-0.4, -0.2) is 68.5 Å². The largest absolute Gasteiger partial charge is 0.756 e. The van der Waals surface area contributed by atoms with Crippen LogP contribution in [0.5, 0.6) is 0 Å². The Labute approximate surface area is 276 Å². The van der Waals surface area contributed by atoms with E-state index in [1.54, 1.807) is 6.08 Å². The highest BCUT2D eigenvalue weighted by molar-refractivity contribution is 7.45. The van der Waals surface area contributed by atoms with Gasteiger partial charge in [-0.1, -0.05) is 115 Å². The summed E-state index contributed by atoms with van der Waals surface area (Å²) in [5.74, 6) is -0.219. The van der Waals surface area contributed by atoms with Gasteiger partial charge in [0.1, 0.15) is 13.2 Å². The van der Waals surface area contributed by atoms with Crippen LogP contribution in [0.3, 0.4) is 0 Å². The third kappa shape index (κ3) is 31.1. The van der Waals surface area contributed by atoms with Crippen molar-refractivity contribution in [3.8, 4) is 0 Å². The summed E-state index contributed by atoms with van der Waals surface area (Å²) in [6.07, 6.45) is 32.0. The van der Waals surface area contributed by atoms with Gasteiger partial charge in [0, 0.05) is 6.42 Å². The molecule has 2 N–H and O–H groups in total. The first-order valence-corrected chi connectivity index (χ1v) is 19.3. The highest BCUT2D eigenvalue weighted by atomic mass is 31.2. The molecular weight excluding hydrogens is 587 g/mol. The number of aliphatic hydroxyl groups excluding tert-OH is 1. The van der Waals surface area contributed by atoms with Crippen LogP contribution in [0.1, 0.15) is 136 Å². The normalized spacial score (nSPS) is 15.3. The van der Waals surface area contributed by atoms with Gasteiger partial charge in [0.2, 0.25) is 5.91 Å². The molecule has 0 aromatic rings. The van der Waals surface area contributed by atoms with E-state index in [9.17, 15) is 19.4 Å². The molecule has 264 valence electrons. The standard InChI is InChI=1S/C36H69N2O6P/c1-6-8-10-12-14-15-16-17-18-19-20-21-22-24-26-28-30-36(40)37-34(35(39)29-27-25-23-13-11-9-7-2)33-44-45(41,42)43-32-31-38(3,4)5/h15-16,18-19,27,29,34-35,39H,6-14,17,20-26,28,30-33H2,1-5H3,(H-,37,40,41,42)/b16-15-,19-18-,29-27+. The first-order chi connectivity index (χ1) is 21.5. The van der Waals surface area contributed by atoms with Crippen LogP contribution in [0, 0.1) is 0 Å². The molecule has 0 rings (SSSR count). The number of phosphoric ester groups is 1. The Kier molecular flexibility index (Phi) is 28.1. The molecule has 3 unspecified atom stereocenters. The average Bonchev–Trinajstić information content (AvgIpc) is 2.97. The van der Waals surface area contributed by atoms with Crippen molar-refractivity contribution in [2.24, 2.45) is 0 Å². The van der Waals surface area contributed by atoms with E-state index in [0.29, 0.717) is 17.4 Å². The zero-order valence-electron chi connectivity index (χ0n) is 29.6. The number of aliphatic hydroxyl groups is 1. The van der Waals surface area contributed by atoms with Gasteiger partial charge >= 0.3 is 0 Å². The number of allylic oxidation sites excluding steroid dienone is 5. The van der Waals surface area contributed by atoms with Crippen molar-refractivity contribution < 1.29 is 32.9 Å². The highest BCUT2D eigenvalue weighted by Crippen LogP contribution is 2.38. The lowest BCUT2D eigenvalue weighted by Crippen LogP contribution is -2.45. The Morgan fingerprint density at radius 2 is 1.29 bits per heavy atom. The van der Waals surface area contributed by atoms with E-state index in [1.165, 1.54) is 51.4 Å². The second-order valence-electron chi connectivity index (χ2n) is 13.2. The number of quaternary nitrogens is 1. The average molecular weight is 657 g/mol. The summed E-state index contributed by atoms with van der Waals surface area (Å²) in [5.41, 5.74) is 0. The number of nitrogens with zero attached hydrogens (tertiary/aromatic N) is 1. The van der Waals surface area contributed by atoms with E-state index in [1.807, 2.05) is 27.2 Å². The van der Waals surface area contributed by atoms with Crippen LogP contribution >= 0.6 is 7.82 Å². The molecule has 0 bridgehead atoms. The molecular formula is C36H69N2O6P. The van der Waals surface area contributed by atoms with E-state index in [4.69, 9.17) is 9.05 Å². The molecule has 3 atom stereocenters. The number of hydrogen-bond donors (Lipinski definition) is 2. The van der Waals surface area contributed by atoms with Gasteiger partial charge in [-0.2, -0.15) is 0 Å². The molecule has 0 fully saturated rings. The zero-order chi connectivity index (χ0) is 33.7. The van der Waals surface area contributed by atoms with Gasteiger partial charge in [0.15, 0.2) is 0 Å². The predicted molar refractivity (Wildman–Crippen MR) is 187 cm³/mol. The van der Waals surface area contributed by atoms with E-state index < -0.39 is 20.0 Å². The van der Waals surface area contributed by atoms with Crippen molar-refractivity contribution in [3.63, 3.8) is 0 Å². The summed E-state index contributed by atoms with van der Waals surface area (Å²) in [5, 5.41) is 13.6. The van der Waals surface area contributed by atoms with Gasteiger partial charge < -0.3 is 28.8 Å². The highest BCUT2D eigenvalue weighted by Gasteiger charge is 2.23. The molecule has 8 nitrogen and oxygen atoms in total. The van der Waals surface area contributed by atoms with Crippen molar-refractivity contribution in [1.29, 1.82) is 0 Å². The van der Waals surface area contributed by atoms with Gasteiger partial charge in [-0.05, 0) is 51.4 Å². The van der Waals surface area contributed by atoms with Gasteiger partial charge in [-0.3, -0.25) is 9.36 Å². The van der Waals surface area contributed by atoms with Gasteiger partial charge in [0.25, 0.3) is 7.82 Å². The molecule has 0 aliphatic heterocycles. The number of hydrogen-bond acceptors (Lipinski definition) is 6. The second-order valence-corrected chi connectivity index (χ2v) is 14.6. The molecule has 45 heavy (non-hydrogen) atoms. The van der Waals surface area contributed by atoms with Crippen LogP contribution in [0.4, 0.5) is 0 Å². The molecule has 0 aliphatic carbocycles. The Hall–Kier alpha value is -1.28. The fraction of sp³-hybridized carbons (Fsp3) is 0.806. The molecule has 0 saturated carbocycles. The maximum atomic E-state index is 12.7. The summed E-state index contributed by atoms with van der Waals surface area (Å²) in [6.45, 7) is 4.52. The fourth-order valence-corrected chi connectivity index (χ4v) is 5.37. The van der Waals surface area contributed by atoms with Gasteiger partial charge in [-0.25, -0.2) is 0 Å². The Balaban J connectivity index is 4.48. The lowest BCUT2D eigenvalue weighted by molar-refractivity contribution is -0.870. The molecule has 0 aromatic heterocycles. The number of carbonyl (C=O) groups is 1. The maximum absolute atomic E-state index is 12.7. The molecule has 0 spiro atoms. The minimum atomic E-state index is -4.57. The molecule has 0 radical (unpaired) electrons. The molecule has 0 heterocycles. The first-order valence-electron chi connectivity index (χ1n) is 17.9. The number of phosphoric acid groups is 1. The Morgan fingerprint density at radius 3 is 1.87 bits per heavy atom. The summed E-state index contributed by atoms with van der Waals surface area (Å²) >= 11 is 0. The topological polar surface area (TPSA) is 108 Å². The lowest BCUT2D eigenvalue weighted by atomic mass is 10.1. The van der Waals surface area contributed by atoms with Gasteiger partial charge in [0.05, 0.1) is 39.9 Å². The Morgan fingerprint density at radius 1 is 0.778 bits per heavy atom. The number of likely N-dealkylation sites (N-methyl/N-ethyl adjacent to an activating group) is 1. The summed E-state index contributed by atoms with van der Waals surface area (Å²) in [6, 6.07) is -0.888. The smallest absolute Gasteiger partial charge is 0.268 e. The van der Waals surface area contributed by atoms with Crippen molar-refractivity contribution in [1.82, 2.24) is 5.32 Å². The number of rotatable bonds is 31. The lowest BCUT2D eigenvalue weighted by Gasteiger charge is -2.29. The van der Waals surface area contributed by atoms with Crippen molar-refractivity contribution in [2.75, 3.05) is 40.9 Å². The van der Waals surface area contributed by atoms with Crippen LogP contribution in [0.2, 0.25) is 0 Å². The maximum Gasteiger partial charge on any atom is 0.268 e. The third-order valence-corrected chi connectivity index (χ3v) is 8.56. The third-order valence-electron chi connectivity index (χ3n) is 7.59. The van der Waals surface area contributed by atoms with Crippen molar-refractivity contribution in [3.05, 3.63) is 36.5 Å². The van der Waals surface area contributed by atoms with E-state index in [2.05, 4.69) is 43.5 Å². The number of carbonyl (C=O) groups excluding carboxylic acids is 1. The number of amides is 1. The number of unbranched alkanes of at least 4 members (excludes halogenated alkanes) is 14. The molecule has 0 aromatic carbocycles. The molecule has 0 saturated heterocycles. The van der Waals surface area contributed by atoms with Gasteiger partial charge in [-0.15, -0.1) is 0 Å². The predicted octanol–water partition coefficient (Wildman–Crippen LogP) is 8.16. The van der Waals surface area contributed by atoms with Crippen molar-refractivity contribution >= 4 is 13.7 Å². The fourth-order valence-electron chi connectivity index (χ4n) is 4.65. The molecule has 9 heteroatoms. The van der Waals surface area contributed by atoms with E-state index in [-0.39, 0.29) is 19.1 Å². The first kappa shape index (κ1) is 43.7. The van der Waals surface area contributed by atoms with Crippen LogP contribution in [0.25, 0.3) is 0 Å². The van der Waals surface area contributed by atoms with E-state index >= 15 is 0 Å². The number of nitrogens with one attached hydrogen (secondary N) is 1. The van der Waals surface area contributed by atoms with Crippen molar-refractivity contribution in [2.45, 2.75) is 148 Å². The van der Waals surface area contributed by atoms with Crippen LogP contribution < -0.4 is 10.2 Å².